The van der Waals surface area contributed by atoms with E-state index in [4.69, 9.17) is 11.0 Å². The predicted octanol–water partition coefficient (Wildman–Crippen LogP) is 2.30. The van der Waals surface area contributed by atoms with Gasteiger partial charge in [-0.2, -0.15) is 5.26 Å². The fourth-order valence-corrected chi connectivity index (χ4v) is 2.76. The van der Waals surface area contributed by atoms with Gasteiger partial charge in [-0.15, -0.1) is 0 Å². The Hall–Kier alpha value is -1.73. The molecule has 0 unspecified atom stereocenters. The van der Waals surface area contributed by atoms with Gasteiger partial charge in [0.2, 0.25) is 0 Å². The van der Waals surface area contributed by atoms with Gasteiger partial charge in [-0.25, -0.2) is 0 Å². The lowest BCUT2D eigenvalue weighted by atomic mass is 9.87. The Morgan fingerprint density at radius 1 is 1.37 bits per heavy atom. The van der Waals surface area contributed by atoms with E-state index >= 15 is 0 Å². The number of rotatable bonds is 5. The van der Waals surface area contributed by atoms with Crippen LogP contribution in [0.2, 0.25) is 0 Å². The zero-order chi connectivity index (χ0) is 13.7. The Morgan fingerprint density at radius 3 is 2.74 bits per heavy atom. The molecule has 1 aliphatic rings. The van der Waals surface area contributed by atoms with Crippen LogP contribution in [-0.4, -0.2) is 18.3 Å². The van der Waals surface area contributed by atoms with Gasteiger partial charge >= 0.3 is 0 Å². The van der Waals surface area contributed by atoms with Gasteiger partial charge in [-0.1, -0.05) is 12.8 Å². The molecule has 0 aliphatic heterocycles. The molecule has 1 aromatic carbocycles. The van der Waals surface area contributed by atoms with Crippen LogP contribution in [0, 0.1) is 16.7 Å². The summed E-state index contributed by atoms with van der Waals surface area (Å²) in [6.45, 7) is 1.01. The van der Waals surface area contributed by atoms with Crippen molar-refractivity contribution in [2.75, 3.05) is 24.2 Å². The Kier molecular flexibility index (Phi) is 4.28. The van der Waals surface area contributed by atoms with E-state index in [0.717, 1.165) is 30.6 Å². The molecule has 1 fully saturated rings. The first-order valence-corrected chi connectivity index (χ1v) is 6.79. The SMILES string of the molecule is N#CCc1cc(NCC2(CO)CCCC2)ccc1N. The Morgan fingerprint density at radius 2 is 2.11 bits per heavy atom. The van der Waals surface area contributed by atoms with Gasteiger partial charge in [-0.05, 0) is 36.6 Å². The van der Waals surface area contributed by atoms with Crippen molar-refractivity contribution in [3.05, 3.63) is 23.8 Å². The van der Waals surface area contributed by atoms with Crippen LogP contribution in [-0.2, 0) is 6.42 Å². The lowest BCUT2D eigenvalue weighted by molar-refractivity contribution is 0.142. The van der Waals surface area contributed by atoms with E-state index in [0.29, 0.717) is 12.1 Å². The third-order valence-corrected chi connectivity index (χ3v) is 4.08. The lowest BCUT2D eigenvalue weighted by Crippen LogP contribution is -2.30. The number of nitrogens with two attached hydrogens (primary N) is 1. The number of hydrogen-bond donors (Lipinski definition) is 3. The smallest absolute Gasteiger partial charge is 0.0670 e. The summed E-state index contributed by atoms with van der Waals surface area (Å²) in [4.78, 5) is 0. The van der Waals surface area contributed by atoms with Crippen molar-refractivity contribution >= 4 is 11.4 Å². The van der Waals surface area contributed by atoms with Crippen LogP contribution in [0.5, 0.6) is 0 Å². The van der Waals surface area contributed by atoms with Gasteiger partial charge in [0.05, 0.1) is 19.1 Å². The number of nitrogen functional groups attached to an aromatic ring is 1. The van der Waals surface area contributed by atoms with Crippen molar-refractivity contribution in [3.8, 4) is 6.07 Å². The molecule has 1 aliphatic carbocycles. The van der Waals surface area contributed by atoms with Gasteiger partial charge in [0.25, 0.3) is 0 Å². The van der Waals surface area contributed by atoms with Gasteiger partial charge in [-0.3, -0.25) is 0 Å². The molecule has 1 aromatic rings. The second-order valence-corrected chi connectivity index (χ2v) is 5.47. The molecular formula is C15H21N3O. The number of aliphatic hydroxyl groups is 1. The largest absolute Gasteiger partial charge is 0.398 e. The van der Waals surface area contributed by atoms with Crippen molar-refractivity contribution in [1.82, 2.24) is 0 Å². The Bertz CT molecular complexity index is 473. The van der Waals surface area contributed by atoms with Crippen LogP contribution < -0.4 is 11.1 Å². The first-order valence-electron chi connectivity index (χ1n) is 6.79. The van der Waals surface area contributed by atoms with Crippen molar-refractivity contribution in [2.24, 2.45) is 5.41 Å². The highest BCUT2D eigenvalue weighted by molar-refractivity contribution is 5.58. The third kappa shape index (κ3) is 3.18. The number of nitriles is 1. The van der Waals surface area contributed by atoms with Crippen molar-refractivity contribution in [2.45, 2.75) is 32.1 Å². The normalized spacial score (nSPS) is 17.1. The maximum Gasteiger partial charge on any atom is 0.0670 e. The number of aliphatic hydroxyl groups excluding tert-OH is 1. The second-order valence-electron chi connectivity index (χ2n) is 5.47. The molecule has 4 N–H and O–H groups in total. The van der Waals surface area contributed by atoms with Gasteiger partial charge in [0, 0.05) is 23.3 Å². The molecule has 0 amide bonds. The summed E-state index contributed by atoms with van der Waals surface area (Å²) in [6.07, 6.45) is 4.88. The maximum atomic E-state index is 9.57. The molecule has 19 heavy (non-hydrogen) atoms. The topological polar surface area (TPSA) is 82.1 Å². The summed E-state index contributed by atoms with van der Waals surface area (Å²) in [6, 6.07) is 7.80. The third-order valence-electron chi connectivity index (χ3n) is 4.08. The highest BCUT2D eigenvalue weighted by atomic mass is 16.3. The number of nitrogens with zero attached hydrogens (tertiary/aromatic N) is 1. The molecule has 1 saturated carbocycles. The van der Waals surface area contributed by atoms with Gasteiger partial charge < -0.3 is 16.2 Å². The summed E-state index contributed by atoms with van der Waals surface area (Å²) in [5.74, 6) is 0. The molecule has 0 spiro atoms. The highest BCUT2D eigenvalue weighted by Gasteiger charge is 2.32. The summed E-state index contributed by atoms with van der Waals surface area (Å²) in [5, 5.41) is 21.7. The molecule has 0 radical (unpaired) electrons. The van der Waals surface area contributed by atoms with Gasteiger partial charge in [0.15, 0.2) is 0 Å². The van der Waals surface area contributed by atoms with Crippen LogP contribution >= 0.6 is 0 Å². The Labute approximate surface area is 114 Å². The predicted molar refractivity (Wildman–Crippen MR) is 76.6 cm³/mol. The quantitative estimate of drug-likeness (QED) is 0.709. The van der Waals surface area contributed by atoms with Crippen LogP contribution in [0.25, 0.3) is 0 Å². The number of anilines is 2. The fraction of sp³-hybridized carbons (Fsp3) is 0.533. The van der Waals surface area contributed by atoms with Crippen LogP contribution in [0.4, 0.5) is 11.4 Å². The molecule has 0 atom stereocenters. The summed E-state index contributed by atoms with van der Waals surface area (Å²) in [7, 11) is 0. The molecule has 0 heterocycles. The van der Waals surface area contributed by atoms with Crippen LogP contribution in [0.1, 0.15) is 31.2 Å². The summed E-state index contributed by atoms with van der Waals surface area (Å²) >= 11 is 0. The molecule has 102 valence electrons. The van der Waals surface area contributed by atoms with Crippen LogP contribution in [0.3, 0.4) is 0 Å². The minimum absolute atomic E-state index is 0.0246. The zero-order valence-corrected chi connectivity index (χ0v) is 11.2. The monoisotopic (exact) mass is 259 g/mol. The summed E-state index contributed by atoms with van der Waals surface area (Å²) in [5.41, 5.74) is 8.34. The average molecular weight is 259 g/mol. The first kappa shape index (κ1) is 13.7. The Balaban J connectivity index is 2.03. The zero-order valence-electron chi connectivity index (χ0n) is 11.2. The van der Waals surface area contributed by atoms with E-state index in [1.165, 1.54) is 12.8 Å². The van der Waals surface area contributed by atoms with E-state index in [2.05, 4.69) is 11.4 Å². The standard InChI is InChI=1S/C15H21N3O/c16-8-5-12-9-13(3-4-14(12)17)18-10-15(11-19)6-1-2-7-15/h3-4,9,18-19H,1-2,5-7,10-11,17H2. The molecule has 4 nitrogen and oxygen atoms in total. The first-order chi connectivity index (χ1) is 9.19. The van der Waals surface area contributed by atoms with Crippen molar-refractivity contribution in [1.29, 1.82) is 5.26 Å². The molecular weight excluding hydrogens is 238 g/mol. The second kappa shape index (κ2) is 5.94. The van der Waals surface area contributed by atoms with Crippen molar-refractivity contribution < 1.29 is 5.11 Å². The van der Waals surface area contributed by atoms with Crippen molar-refractivity contribution in [3.63, 3.8) is 0 Å². The maximum absolute atomic E-state index is 9.57. The number of benzene rings is 1. The molecule has 4 heteroatoms. The number of nitrogens with one attached hydrogen (secondary N) is 1. The number of hydrogen-bond acceptors (Lipinski definition) is 4. The van der Waals surface area contributed by atoms with E-state index in [1.807, 2.05) is 18.2 Å². The van der Waals surface area contributed by atoms with Crippen LogP contribution in [0.15, 0.2) is 18.2 Å². The minimum atomic E-state index is 0.0246. The lowest BCUT2D eigenvalue weighted by Gasteiger charge is -2.27. The summed E-state index contributed by atoms with van der Waals surface area (Å²) < 4.78 is 0. The fourth-order valence-electron chi connectivity index (χ4n) is 2.76. The van der Waals surface area contributed by atoms with E-state index < -0.39 is 0 Å². The van der Waals surface area contributed by atoms with E-state index in [1.54, 1.807) is 0 Å². The van der Waals surface area contributed by atoms with E-state index in [9.17, 15) is 5.11 Å². The highest BCUT2D eigenvalue weighted by Crippen LogP contribution is 2.37. The van der Waals surface area contributed by atoms with E-state index in [-0.39, 0.29) is 12.0 Å². The molecule has 2 rings (SSSR count). The minimum Gasteiger partial charge on any atom is -0.398 e. The average Bonchev–Trinajstić information content (AvgIpc) is 2.89. The molecule has 0 saturated heterocycles. The molecule has 0 aromatic heterocycles. The molecule has 0 bridgehead atoms. The van der Waals surface area contributed by atoms with Gasteiger partial charge in [0.1, 0.15) is 0 Å².